The lowest BCUT2D eigenvalue weighted by molar-refractivity contribution is -0.146. The van der Waals surface area contributed by atoms with Gasteiger partial charge in [-0.2, -0.15) is 5.10 Å². The Kier molecular flexibility index (Phi) is 4.07. The van der Waals surface area contributed by atoms with E-state index in [-0.39, 0.29) is 12.5 Å². The molecule has 2 heterocycles. The normalized spacial score (nSPS) is 28.7. The van der Waals surface area contributed by atoms with Crippen molar-refractivity contribution in [2.45, 2.75) is 37.8 Å². The molecule has 1 aliphatic heterocycles. The Morgan fingerprint density at radius 1 is 1.26 bits per heavy atom. The highest BCUT2D eigenvalue weighted by molar-refractivity contribution is 14.1. The molecule has 6 heteroatoms. The van der Waals surface area contributed by atoms with E-state index in [9.17, 15) is 4.79 Å². The van der Waals surface area contributed by atoms with Gasteiger partial charge < -0.3 is 9.64 Å². The predicted octanol–water partition coefficient (Wildman–Crippen LogP) is 1.83. The fourth-order valence-corrected chi connectivity index (χ4v) is 3.48. The van der Waals surface area contributed by atoms with E-state index < -0.39 is 0 Å². The van der Waals surface area contributed by atoms with Gasteiger partial charge in [0.25, 0.3) is 0 Å². The van der Waals surface area contributed by atoms with Crippen molar-refractivity contribution in [3.05, 3.63) is 16.0 Å². The van der Waals surface area contributed by atoms with Gasteiger partial charge in [0.1, 0.15) is 6.61 Å². The molecule has 19 heavy (non-hydrogen) atoms. The van der Waals surface area contributed by atoms with Crippen molar-refractivity contribution >= 4 is 28.5 Å². The van der Waals surface area contributed by atoms with Crippen LogP contribution in [0.4, 0.5) is 0 Å². The minimum Gasteiger partial charge on any atom is -0.370 e. The molecule has 1 amide bonds. The number of hydrogen-bond acceptors (Lipinski definition) is 3. The van der Waals surface area contributed by atoms with Gasteiger partial charge in [0.05, 0.1) is 22.4 Å². The maximum Gasteiger partial charge on any atom is 0.248 e. The monoisotopic (exact) mass is 375 g/mol. The highest BCUT2D eigenvalue weighted by Gasteiger charge is 2.31. The molecule has 0 N–H and O–H groups in total. The summed E-state index contributed by atoms with van der Waals surface area (Å²) in [6.45, 7) is 1.70. The molecule has 0 unspecified atom stereocenters. The van der Waals surface area contributed by atoms with Crippen LogP contribution in [0, 0.1) is 3.57 Å². The summed E-state index contributed by atoms with van der Waals surface area (Å²) in [6.07, 6.45) is 8.36. The van der Waals surface area contributed by atoms with E-state index in [1.807, 2.05) is 11.1 Å². The second kappa shape index (κ2) is 5.78. The fourth-order valence-electron chi connectivity index (χ4n) is 3.07. The van der Waals surface area contributed by atoms with E-state index in [4.69, 9.17) is 4.74 Å². The van der Waals surface area contributed by atoms with Gasteiger partial charge in [-0.1, -0.05) is 0 Å². The molecule has 1 saturated carbocycles. The number of carbonyl (C=O) groups excluding carboxylic acids is 1. The Balaban J connectivity index is 1.58. The number of amides is 1. The van der Waals surface area contributed by atoms with Crippen LogP contribution in [0.1, 0.15) is 31.7 Å². The van der Waals surface area contributed by atoms with Crippen LogP contribution in [0.2, 0.25) is 0 Å². The number of halogens is 1. The maximum atomic E-state index is 11.8. The van der Waals surface area contributed by atoms with E-state index in [2.05, 4.69) is 38.6 Å². The van der Waals surface area contributed by atoms with Gasteiger partial charge in [0, 0.05) is 18.8 Å². The van der Waals surface area contributed by atoms with E-state index in [0.717, 1.165) is 32.2 Å². The first-order valence-electron chi connectivity index (χ1n) is 6.81. The van der Waals surface area contributed by atoms with Crippen molar-refractivity contribution in [3.63, 3.8) is 0 Å². The Bertz CT molecular complexity index is 454. The summed E-state index contributed by atoms with van der Waals surface area (Å²) in [5.41, 5.74) is 0. The Morgan fingerprint density at radius 2 is 2.00 bits per heavy atom. The molecule has 2 aliphatic rings. The first kappa shape index (κ1) is 13.4. The molecule has 5 nitrogen and oxygen atoms in total. The van der Waals surface area contributed by atoms with Crippen molar-refractivity contribution in [1.82, 2.24) is 14.7 Å². The van der Waals surface area contributed by atoms with Crippen LogP contribution in [0.15, 0.2) is 12.4 Å². The second-order valence-corrected chi connectivity index (χ2v) is 6.49. The minimum atomic E-state index is 0.156. The fraction of sp³-hybridized carbons (Fsp3) is 0.692. The lowest BCUT2D eigenvalue weighted by Crippen LogP contribution is -2.48. The van der Waals surface area contributed by atoms with Gasteiger partial charge >= 0.3 is 0 Å². The Hall–Kier alpha value is -0.630. The summed E-state index contributed by atoms with van der Waals surface area (Å²) in [5.74, 6) is 0.156. The molecule has 1 aromatic heterocycles. The number of ether oxygens (including phenoxy) is 1. The molecule has 0 bridgehead atoms. The lowest BCUT2D eigenvalue weighted by atomic mass is 9.90. The van der Waals surface area contributed by atoms with E-state index in [0.29, 0.717) is 18.7 Å². The second-order valence-electron chi connectivity index (χ2n) is 5.24. The number of carbonyl (C=O) groups is 1. The van der Waals surface area contributed by atoms with Crippen LogP contribution in [-0.2, 0) is 9.53 Å². The van der Waals surface area contributed by atoms with Crippen LogP contribution >= 0.6 is 22.6 Å². The largest absolute Gasteiger partial charge is 0.370 e. The Labute approximate surface area is 126 Å². The van der Waals surface area contributed by atoms with Crippen molar-refractivity contribution < 1.29 is 9.53 Å². The predicted molar refractivity (Wildman–Crippen MR) is 78.8 cm³/mol. The molecule has 0 radical (unpaired) electrons. The lowest BCUT2D eigenvalue weighted by Gasteiger charge is -2.38. The molecule has 0 atom stereocenters. The zero-order valence-corrected chi connectivity index (χ0v) is 13.0. The van der Waals surface area contributed by atoms with Crippen molar-refractivity contribution in [1.29, 1.82) is 0 Å². The van der Waals surface area contributed by atoms with E-state index in [1.165, 1.54) is 3.57 Å². The van der Waals surface area contributed by atoms with Crippen LogP contribution < -0.4 is 0 Å². The first-order valence-corrected chi connectivity index (χ1v) is 7.89. The zero-order chi connectivity index (χ0) is 13.2. The van der Waals surface area contributed by atoms with Crippen LogP contribution in [0.3, 0.4) is 0 Å². The van der Waals surface area contributed by atoms with Gasteiger partial charge in [-0.3, -0.25) is 9.48 Å². The summed E-state index contributed by atoms with van der Waals surface area (Å²) in [4.78, 5) is 13.9. The molecule has 2 fully saturated rings. The molecule has 1 saturated heterocycles. The van der Waals surface area contributed by atoms with Gasteiger partial charge in [0.2, 0.25) is 5.91 Å². The van der Waals surface area contributed by atoms with Crippen molar-refractivity contribution in [2.24, 2.45) is 0 Å². The number of aromatic nitrogens is 2. The summed E-state index contributed by atoms with van der Waals surface area (Å²) in [6, 6.07) is 0.901. The number of morpholine rings is 1. The number of hydrogen-bond donors (Lipinski definition) is 0. The van der Waals surface area contributed by atoms with Crippen LogP contribution in [0.25, 0.3) is 0 Å². The van der Waals surface area contributed by atoms with Crippen LogP contribution in [0.5, 0.6) is 0 Å². The average Bonchev–Trinajstić information content (AvgIpc) is 2.86. The molecule has 1 aliphatic carbocycles. The minimum absolute atomic E-state index is 0.156. The van der Waals surface area contributed by atoms with E-state index in [1.54, 1.807) is 0 Å². The summed E-state index contributed by atoms with van der Waals surface area (Å²) >= 11 is 2.29. The third kappa shape index (κ3) is 2.94. The number of rotatable bonds is 2. The van der Waals surface area contributed by atoms with Crippen molar-refractivity contribution in [2.75, 3.05) is 19.8 Å². The topological polar surface area (TPSA) is 47.4 Å². The van der Waals surface area contributed by atoms with Gasteiger partial charge in [-0.05, 0) is 48.3 Å². The van der Waals surface area contributed by atoms with Crippen LogP contribution in [-0.4, -0.2) is 46.4 Å². The molecule has 0 aromatic carbocycles. The van der Waals surface area contributed by atoms with Gasteiger partial charge in [0.15, 0.2) is 0 Å². The molecular weight excluding hydrogens is 357 g/mol. The SMILES string of the molecule is O=C1COCCN1[C@H]1CC[C@H](n2cc(I)cn2)CC1. The molecule has 104 valence electrons. The van der Waals surface area contributed by atoms with Gasteiger partial charge in [-0.25, -0.2) is 0 Å². The molecular formula is C13H18IN3O2. The Morgan fingerprint density at radius 3 is 2.63 bits per heavy atom. The van der Waals surface area contributed by atoms with E-state index >= 15 is 0 Å². The quantitative estimate of drug-likeness (QED) is 0.742. The molecule has 0 spiro atoms. The zero-order valence-electron chi connectivity index (χ0n) is 10.8. The summed E-state index contributed by atoms with van der Waals surface area (Å²) in [7, 11) is 0. The average molecular weight is 375 g/mol. The first-order chi connectivity index (χ1) is 9.24. The number of nitrogens with zero attached hydrogens (tertiary/aromatic N) is 3. The smallest absolute Gasteiger partial charge is 0.248 e. The van der Waals surface area contributed by atoms with Gasteiger partial charge in [-0.15, -0.1) is 0 Å². The highest BCUT2D eigenvalue weighted by Crippen LogP contribution is 2.31. The van der Waals surface area contributed by atoms with Crippen molar-refractivity contribution in [3.8, 4) is 0 Å². The standard InChI is InChI=1S/C13H18IN3O2/c14-10-7-15-17(8-10)12-3-1-11(2-4-12)16-5-6-19-9-13(16)18/h7-8,11-12H,1-6,9H2/t11-,12-. The molecule has 3 rings (SSSR count). The third-order valence-corrected chi connectivity index (χ3v) is 4.63. The summed E-state index contributed by atoms with van der Waals surface area (Å²) < 4.78 is 8.46. The summed E-state index contributed by atoms with van der Waals surface area (Å²) in [5, 5.41) is 4.40. The maximum absolute atomic E-state index is 11.8. The molecule has 1 aromatic rings. The highest BCUT2D eigenvalue weighted by atomic mass is 127. The third-order valence-electron chi connectivity index (χ3n) is 4.07.